The first kappa shape index (κ1) is 17.1. The van der Waals surface area contributed by atoms with Crippen molar-refractivity contribution in [3.63, 3.8) is 0 Å². The highest BCUT2D eigenvalue weighted by Crippen LogP contribution is 2.21. The van der Waals surface area contributed by atoms with Gasteiger partial charge >= 0.3 is 0 Å². The molecule has 1 rings (SSSR count). The summed E-state index contributed by atoms with van der Waals surface area (Å²) in [5.41, 5.74) is 0.862. The predicted octanol–water partition coefficient (Wildman–Crippen LogP) is 3.91. The molecule has 0 aliphatic carbocycles. The second kappa shape index (κ2) is 9.83. The van der Waals surface area contributed by atoms with Crippen LogP contribution in [-0.4, -0.2) is 24.2 Å². The molecule has 0 saturated heterocycles. The molecule has 1 atom stereocenters. The van der Waals surface area contributed by atoms with Crippen LogP contribution in [0.15, 0.2) is 29.2 Å². The van der Waals surface area contributed by atoms with Crippen molar-refractivity contribution in [1.82, 2.24) is 5.32 Å². The minimum atomic E-state index is -0.0276. The Kier molecular flexibility index (Phi) is 8.38. The average Bonchev–Trinajstić information content (AvgIpc) is 2.40. The number of unbranched alkanes of at least 4 members (excludes halogenated alkanes) is 1. The number of thioether (sulfide) groups is 1. The highest BCUT2D eigenvalue weighted by Gasteiger charge is 2.00. The lowest BCUT2D eigenvalue weighted by atomic mass is 10.1. The van der Waals surface area contributed by atoms with Gasteiger partial charge in [-0.05, 0) is 56.3 Å². The summed E-state index contributed by atoms with van der Waals surface area (Å²) in [5, 5.41) is 6.21. The molecular weight excluding hydrogens is 268 g/mol. The number of rotatable bonds is 9. The van der Waals surface area contributed by atoms with Crippen molar-refractivity contribution >= 4 is 23.4 Å². The molecule has 0 aliphatic rings. The number of hydrogen-bond acceptors (Lipinski definition) is 3. The fourth-order valence-electron chi connectivity index (χ4n) is 2.03. The van der Waals surface area contributed by atoms with Gasteiger partial charge in [0.15, 0.2) is 0 Å². The zero-order valence-electron chi connectivity index (χ0n) is 12.7. The third-order valence-corrected chi connectivity index (χ3v) is 4.13. The smallest absolute Gasteiger partial charge is 0.221 e. The van der Waals surface area contributed by atoms with Gasteiger partial charge in [0.25, 0.3) is 0 Å². The zero-order chi connectivity index (χ0) is 14.8. The number of hydrogen-bond donors (Lipinski definition) is 2. The molecule has 2 N–H and O–H groups in total. The Labute approximate surface area is 126 Å². The molecule has 1 unspecified atom stereocenters. The molecule has 112 valence electrons. The number of carbonyl (C=O) groups excluding carboxylic acids is 1. The van der Waals surface area contributed by atoms with E-state index in [1.54, 1.807) is 0 Å². The summed E-state index contributed by atoms with van der Waals surface area (Å²) in [7, 11) is 0. The van der Waals surface area contributed by atoms with Crippen molar-refractivity contribution in [1.29, 1.82) is 0 Å². The van der Waals surface area contributed by atoms with E-state index in [-0.39, 0.29) is 5.91 Å². The number of benzene rings is 1. The van der Waals surface area contributed by atoms with Gasteiger partial charge < -0.3 is 10.6 Å². The van der Waals surface area contributed by atoms with Crippen molar-refractivity contribution in [2.45, 2.75) is 51.0 Å². The number of anilines is 1. The van der Waals surface area contributed by atoms with Gasteiger partial charge in [-0.3, -0.25) is 4.79 Å². The maximum absolute atomic E-state index is 10.9. The summed E-state index contributed by atoms with van der Waals surface area (Å²) < 4.78 is 0. The standard InChI is InChI=1S/C16H26N2OS/c1-4-17-13(2)7-5-6-12-20-16-10-8-15(9-11-16)18-14(3)19/h8-11,13,17H,4-7,12H2,1-3H3,(H,18,19). The van der Waals surface area contributed by atoms with Crippen molar-refractivity contribution in [3.05, 3.63) is 24.3 Å². The van der Waals surface area contributed by atoms with Crippen LogP contribution in [0.4, 0.5) is 5.69 Å². The second-order valence-electron chi connectivity index (χ2n) is 5.01. The summed E-state index contributed by atoms with van der Waals surface area (Å²) in [6.45, 7) is 6.97. The van der Waals surface area contributed by atoms with Gasteiger partial charge in [0, 0.05) is 23.5 Å². The lowest BCUT2D eigenvalue weighted by Gasteiger charge is -2.11. The molecule has 0 radical (unpaired) electrons. The minimum Gasteiger partial charge on any atom is -0.326 e. The van der Waals surface area contributed by atoms with Crippen LogP contribution in [-0.2, 0) is 4.79 Å². The van der Waals surface area contributed by atoms with Crippen LogP contribution in [0.1, 0.15) is 40.0 Å². The molecule has 1 aromatic rings. The highest BCUT2D eigenvalue weighted by molar-refractivity contribution is 7.99. The van der Waals surface area contributed by atoms with E-state index in [9.17, 15) is 4.79 Å². The topological polar surface area (TPSA) is 41.1 Å². The first-order valence-electron chi connectivity index (χ1n) is 7.35. The van der Waals surface area contributed by atoms with Crippen LogP contribution in [0.2, 0.25) is 0 Å². The zero-order valence-corrected chi connectivity index (χ0v) is 13.6. The third kappa shape index (κ3) is 7.56. The van der Waals surface area contributed by atoms with Crippen LogP contribution in [0.25, 0.3) is 0 Å². The number of nitrogens with one attached hydrogen (secondary N) is 2. The van der Waals surface area contributed by atoms with Crippen molar-refractivity contribution in [3.8, 4) is 0 Å². The van der Waals surface area contributed by atoms with E-state index in [2.05, 4.69) is 36.6 Å². The van der Waals surface area contributed by atoms with E-state index >= 15 is 0 Å². The van der Waals surface area contributed by atoms with Crippen molar-refractivity contribution in [2.75, 3.05) is 17.6 Å². The van der Waals surface area contributed by atoms with Crippen LogP contribution in [0.3, 0.4) is 0 Å². The summed E-state index contributed by atoms with van der Waals surface area (Å²) in [6, 6.07) is 8.67. The van der Waals surface area contributed by atoms with E-state index < -0.39 is 0 Å². The lowest BCUT2D eigenvalue weighted by molar-refractivity contribution is -0.114. The molecule has 0 aromatic heterocycles. The molecule has 4 heteroatoms. The van der Waals surface area contributed by atoms with Crippen LogP contribution in [0, 0.1) is 0 Å². The monoisotopic (exact) mass is 294 g/mol. The Morgan fingerprint density at radius 2 is 1.95 bits per heavy atom. The molecule has 1 aromatic carbocycles. The van der Waals surface area contributed by atoms with Crippen LogP contribution < -0.4 is 10.6 Å². The first-order valence-corrected chi connectivity index (χ1v) is 8.34. The quantitative estimate of drug-likeness (QED) is 0.536. The largest absolute Gasteiger partial charge is 0.326 e. The maximum atomic E-state index is 10.9. The maximum Gasteiger partial charge on any atom is 0.221 e. The fraction of sp³-hybridized carbons (Fsp3) is 0.562. The third-order valence-electron chi connectivity index (χ3n) is 3.03. The van der Waals surface area contributed by atoms with Crippen LogP contribution in [0.5, 0.6) is 0 Å². The Balaban J connectivity index is 2.17. The molecule has 0 fully saturated rings. The SMILES string of the molecule is CCNC(C)CCCCSc1ccc(NC(C)=O)cc1. The second-order valence-corrected chi connectivity index (χ2v) is 6.18. The number of amides is 1. The Hall–Kier alpha value is -1.00. The van der Waals surface area contributed by atoms with Gasteiger partial charge in [-0.2, -0.15) is 0 Å². The predicted molar refractivity (Wildman–Crippen MR) is 88.5 cm³/mol. The normalized spacial score (nSPS) is 12.2. The van der Waals surface area contributed by atoms with Gasteiger partial charge in [-0.15, -0.1) is 11.8 Å². The fourth-order valence-corrected chi connectivity index (χ4v) is 2.94. The molecule has 0 bridgehead atoms. The number of carbonyl (C=O) groups is 1. The van der Waals surface area contributed by atoms with Gasteiger partial charge in [-0.25, -0.2) is 0 Å². The lowest BCUT2D eigenvalue weighted by Crippen LogP contribution is -2.25. The van der Waals surface area contributed by atoms with E-state index in [1.807, 2.05) is 23.9 Å². The summed E-state index contributed by atoms with van der Waals surface area (Å²) >= 11 is 1.88. The van der Waals surface area contributed by atoms with Gasteiger partial charge in [0.1, 0.15) is 0 Å². The average molecular weight is 294 g/mol. The molecule has 0 spiro atoms. The molecule has 0 aliphatic heterocycles. The van der Waals surface area contributed by atoms with Gasteiger partial charge in [-0.1, -0.05) is 13.3 Å². The van der Waals surface area contributed by atoms with Crippen molar-refractivity contribution < 1.29 is 4.79 Å². The van der Waals surface area contributed by atoms with Gasteiger partial charge in [0.2, 0.25) is 5.91 Å². The van der Waals surface area contributed by atoms with E-state index in [1.165, 1.54) is 31.1 Å². The highest BCUT2D eigenvalue weighted by atomic mass is 32.2. The molecule has 20 heavy (non-hydrogen) atoms. The Bertz CT molecular complexity index is 392. The van der Waals surface area contributed by atoms with Crippen LogP contribution >= 0.6 is 11.8 Å². The molecular formula is C16H26N2OS. The van der Waals surface area contributed by atoms with E-state index in [4.69, 9.17) is 0 Å². The molecule has 0 saturated carbocycles. The molecule has 1 amide bonds. The summed E-state index contributed by atoms with van der Waals surface area (Å²) in [5.74, 6) is 1.12. The van der Waals surface area contributed by atoms with Crippen molar-refractivity contribution in [2.24, 2.45) is 0 Å². The Morgan fingerprint density at radius 1 is 1.25 bits per heavy atom. The molecule has 3 nitrogen and oxygen atoms in total. The van der Waals surface area contributed by atoms with Gasteiger partial charge in [0.05, 0.1) is 0 Å². The van der Waals surface area contributed by atoms with E-state index in [0.717, 1.165) is 18.0 Å². The summed E-state index contributed by atoms with van der Waals surface area (Å²) in [4.78, 5) is 12.2. The molecule has 0 heterocycles. The van der Waals surface area contributed by atoms with E-state index in [0.29, 0.717) is 6.04 Å². The summed E-state index contributed by atoms with van der Waals surface area (Å²) in [6.07, 6.45) is 3.76. The Morgan fingerprint density at radius 3 is 2.55 bits per heavy atom. The first-order chi connectivity index (χ1) is 9.61. The minimum absolute atomic E-state index is 0.0276.